The molecule has 2 rings (SSSR count). The van der Waals surface area contributed by atoms with Gasteiger partial charge in [0, 0.05) is 17.7 Å². The van der Waals surface area contributed by atoms with Crippen LogP contribution in [0.15, 0.2) is 17.5 Å². The van der Waals surface area contributed by atoms with E-state index in [0.717, 1.165) is 32.4 Å². The summed E-state index contributed by atoms with van der Waals surface area (Å²) >= 11 is 1.68. The second-order valence-electron chi connectivity index (χ2n) is 4.19. The van der Waals surface area contributed by atoms with Crippen LogP contribution in [0.1, 0.15) is 24.1 Å². The Hall–Kier alpha value is -0.670. The van der Waals surface area contributed by atoms with E-state index in [1.165, 1.54) is 4.88 Å². The number of ketones is 1. The third-order valence-electron chi connectivity index (χ3n) is 2.93. The first kappa shape index (κ1) is 10.8. The maximum atomic E-state index is 11.8. The lowest BCUT2D eigenvalue weighted by molar-refractivity contribution is -0.119. The Balaban J connectivity index is 1.76. The molecule has 82 valence electrons. The number of piperidine rings is 1. The van der Waals surface area contributed by atoms with Gasteiger partial charge in [0.25, 0.3) is 0 Å². The van der Waals surface area contributed by atoms with E-state index in [-0.39, 0.29) is 0 Å². The third-order valence-corrected chi connectivity index (χ3v) is 3.80. The van der Waals surface area contributed by atoms with Gasteiger partial charge in [0.1, 0.15) is 5.78 Å². The number of nitrogens with one attached hydrogen (secondary N) is 1. The van der Waals surface area contributed by atoms with Crippen LogP contribution in [0.3, 0.4) is 0 Å². The summed E-state index contributed by atoms with van der Waals surface area (Å²) in [4.78, 5) is 13.0. The molecule has 0 bridgehead atoms. The molecule has 1 aliphatic rings. The van der Waals surface area contributed by atoms with Crippen LogP contribution in [0, 0.1) is 5.92 Å². The average molecular weight is 223 g/mol. The van der Waals surface area contributed by atoms with E-state index in [1.807, 2.05) is 17.5 Å². The molecule has 3 heteroatoms. The predicted molar refractivity (Wildman–Crippen MR) is 63.2 cm³/mol. The van der Waals surface area contributed by atoms with Gasteiger partial charge in [-0.2, -0.15) is 0 Å². The second-order valence-corrected chi connectivity index (χ2v) is 5.22. The van der Waals surface area contributed by atoms with Crippen LogP contribution in [-0.2, 0) is 11.2 Å². The molecule has 15 heavy (non-hydrogen) atoms. The summed E-state index contributed by atoms with van der Waals surface area (Å²) in [5, 5.41) is 5.36. The summed E-state index contributed by atoms with van der Waals surface area (Å²) in [7, 11) is 0. The molecule has 0 atom stereocenters. The minimum absolute atomic E-state index is 0.407. The molecule has 0 amide bonds. The van der Waals surface area contributed by atoms with Crippen LogP contribution in [0.5, 0.6) is 0 Å². The lowest BCUT2D eigenvalue weighted by atomic mass is 9.92. The summed E-state index contributed by atoms with van der Waals surface area (Å²) in [5.74, 6) is 1.03. The minimum Gasteiger partial charge on any atom is -0.317 e. The molecule has 1 aliphatic heterocycles. The predicted octanol–water partition coefficient (Wildman–Crippen LogP) is 2.25. The molecule has 1 fully saturated rings. The summed E-state index contributed by atoms with van der Waals surface area (Å²) in [6.07, 6.45) is 3.74. The summed E-state index contributed by atoms with van der Waals surface area (Å²) in [6, 6.07) is 4.06. The zero-order valence-electron chi connectivity index (χ0n) is 8.87. The van der Waals surface area contributed by atoms with Crippen molar-refractivity contribution in [3.05, 3.63) is 22.4 Å². The molecule has 2 nitrogen and oxygen atoms in total. The third kappa shape index (κ3) is 3.43. The fourth-order valence-electron chi connectivity index (χ4n) is 2.09. The largest absolute Gasteiger partial charge is 0.317 e. The number of carbonyl (C=O) groups excluding carboxylic acids is 1. The van der Waals surface area contributed by atoms with Crippen molar-refractivity contribution in [1.29, 1.82) is 0 Å². The van der Waals surface area contributed by atoms with Crippen molar-refractivity contribution >= 4 is 17.1 Å². The number of carbonyl (C=O) groups is 1. The molecule has 0 radical (unpaired) electrons. The Morgan fingerprint density at radius 2 is 2.27 bits per heavy atom. The Labute approximate surface area is 94.7 Å². The van der Waals surface area contributed by atoms with Gasteiger partial charge in [-0.1, -0.05) is 6.07 Å². The van der Waals surface area contributed by atoms with E-state index in [1.54, 1.807) is 11.3 Å². The van der Waals surface area contributed by atoms with Crippen molar-refractivity contribution in [2.24, 2.45) is 5.92 Å². The van der Waals surface area contributed by atoms with Crippen LogP contribution < -0.4 is 5.32 Å². The maximum absolute atomic E-state index is 11.8. The molecule has 1 aromatic rings. The van der Waals surface area contributed by atoms with E-state index in [2.05, 4.69) is 5.32 Å². The highest BCUT2D eigenvalue weighted by molar-refractivity contribution is 7.10. The van der Waals surface area contributed by atoms with Gasteiger partial charge in [-0.25, -0.2) is 0 Å². The van der Waals surface area contributed by atoms with Crippen LogP contribution in [0.4, 0.5) is 0 Å². The normalized spacial score (nSPS) is 17.9. The van der Waals surface area contributed by atoms with E-state index in [4.69, 9.17) is 0 Å². The topological polar surface area (TPSA) is 29.1 Å². The smallest absolute Gasteiger partial charge is 0.138 e. The second kappa shape index (κ2) is 5.42. The number of hydrogen-bond donors (Lipinski definition) is 1. The molecule has 1 N–H and O–H groups in total. The molecular formula is C12H17NOS. The van der Waals surface area contributed by atoms with Gasteiger partial charge in [0.05, 0.1) is 0 Å². The molecular weight excluding hydrogens is 206 g/mol. The molecule has 0 saturated carbocycles. The van der Waals surface area contributed by atoms with Crippen molar-refractivity contribution in [2.75, 3.05) is 13.1 Å². The average Bonchev–Trinajstić information content (AvgIpc) is 2.71. The SMILES string of the molecule is O=C(Cc1cccs1)CC1CCNCC1. The Kier molecular flexibility index (Phi) is 3.92. The van der Waals surface area contributed by atoms with Crippen LogP contribution in [0.25, 0.3) is 0 Å². The van der Waals surface area contributed by atoms with Crippen LogP contribution in [0.2, 0.25) is 0 Å². The first-order valence-corrected chi connectivity index (χ1v) is 6.47. The molecule has 0 spiro atoms. The van der Waals surface area contributed by atoms with Crippen molar-refractivity contribution in [2.45, 2.75) is 25.7 Å². The summed E-state index contributed by atoms with van der Waals surface area (Å²) < 4.78 is 0. The van der Waals surface area contributed by atoms with E-state index >= 15 is 0 Å². The van der Waals surface area contributed by atoms with Gasteiger partial charge < -0.3 is 5.32 Å². The van der Waals surface area contributed by atoms with Crippen LogP contribution >= 0.6 is 11.3 Å². The van der Waals surface area contributed by atoms with Gasteiger partial charge in [-0.05, 0) is 43.3 Å². The molecule has 1 saturated heterocycles. The van der Waals surface area contributed by atoms with Gasteiger partial charge in [0.2, 0.25) is 0 Å². The maximum Gasteiger partial charge on any atom is 0.138 e. The monoisotopic (exact) mass is 223 g/mol. The highest BCUT2D eigenvalue weighted by Crippen LogP contribution is 2.18. The lowest BCUT2D eigenvalue weighted by Crippen LogP contribution is -2.29. The Morgan fingerprint density at radius 1 is 1.47 bits per heavy atom. The Morgan fingerprint density at radius 3 is 2.93 bits per heavy atom. The van der Waals surface area contributed by atoms with Crippen molar-refractivity contribution in [3.8, 4) is 0 Å². The quantitative estimate of drug-likeness (QED) is 0.848. The van der Waals surface area contributed by atoms with E-state index < -0.39 is 0 Å². The number of rotatable bonds is 4. The van der Waals surface area contributed by atoms with E-state index in [9.17, 15) is 4.79 Å². The first-order valence-electron chi connectivity index (χ1n) is 5.59. The van der Waals surface area contributed by atoms with Gasteiger partial charge in [0.15, 0.2) is 0 Å². The number of Topliss-reactive ketones (excluding diaryl/α,β-unsaturated/α-hetero) is 1. The molecule has 2 heterocycles. The van der Waals surface area contributed by atoms with Crippen molar-refractivity contribution < 1.29 is 4.79 Å². The fraction of sp³-hybridized carbons (Fsp3) is 0.583. The minimum atomic E-state index is 0.407. The lowest BCUT2D eigenvalue weighted by Gasteiger charge is -2.21. The molecule has 0 aliphatic carbocycles. The van der Waals surface area contributed by atoms with Gasteiger partial charge >= 0.3 is 0 Å². The highest BCUT2D eigenvalue weighted by Gasteiger charge is 2.16. The van der Waals surface area contributed by atoms with Crippen LogP contribution in [-0.4, -0.2) is 18.9 Å². The number of hydrogen-bond acceptors (Lipinski definition) is 3. The summed E-state index contributed by atoms with van der Waals surface area (Å²) in [5.41, 5.74) is 0. The van der Waals surface area contributed by atoms with Crippen molar-refractivity contribution in [3.63, 3.8) is 0 Å². The van der Waals surface area contributed by atoms with Crippen molar-refractivity contribution in [1.82, 2.24) is 5.32 Å². The molecule has 0 unspecified atom stereocenters. The van der Waals surface area contributed by atoms with Gasteiger partial charge in [-0.15, -0.1) is 11.3 Å². The van der Waals surface area contributed by atoms with E-state index in [0.29, 0.717) is 18.1 Å². The zero-order chi connectivity index (χ0) is 10.5. The zero-order valence-corrected chi connectivity index (χ0v) is 9.69. The standard InChI is InChI=1S/C12H17NOS/c14-11(9-12-2-1-7-15-12)8-10-3-5-13-6-4-10/h1-2,7,10,13H,3-6,8-9H2. The van der Waals surface area contributed by atoms with Gasteiger partial charge in [-0.3, -0.25) is 4.79 Å². The summed E-state index contributed by atoms with van der Waals surface area (Å²) in [6.45, 7) is 2.16. The first-order chi connectivity index (χ1) is 7.34. The fourth-order valence-corrected chi connectivity index (χ4v) is 2.82. The Bertz CT molecular complexity index is 301. The number of thiophene rings is 1. The molecule has 1 aromatic heterocycles. The highest BCUT2D eigenvalue weighted by atomic mass is 32.1. The molecule has 0 aromatic carbocycles.